The van der Waals surface area contributed by atoms with E-state index in [2.05, 4.69) is 20.6 Å². The first-order valence-electron chi connectivity index (χ1n) is 4.97. The molecule has 78 valence electrons. The van der Waals surface area contributed by atoms with Gasteiger partial charge in [0.25, 0.3) is 0 Å². The van der Waals surface area contributed by atoms with E-state index in [1.54, 1.807) is 22.2 Å². The molecule has 5 nitrogen and oxygen atoms in total. The summed E-state index contributed by atoms with van der Waals surface area (Å²) in [7, 11) is 0. The van der Waals surface area contributed by atoms with Crippen LogP contribution in [0.3, 0.4) is 0 Å². The van der Waals surface area contributed by atoms with E-state index in [0.717, 1.165) is 16.7 Å². The third-order valence-corrected chi connectivity index (χ3v) is 3.19. The van der Waals surface area contributed by atoms with Crippen molar-refractivity contribution in [3.05, 3.63) is 23.5 Å². The van der Waals surface area contributed by atoms with E-state index in [4.69, 9.17) is 0 Å². The van der Waals surface area contributed by atoms with Crippen LogP contribution in [0, 0.1) is 0 Å². The normalized spacial score (nSPS) is 15.7. The molecule has 0 unspecified atom stereocenters. The fourth-order valence-electron chi connectivity index (χ4n) is 1.31. The molecular weight excluding hydrogens is 210 g/mol. The molecule has 0 saturated heterocycles. The summed E-state index contributed by atoms with van der Waals surface area (Å²) in [5.41, 5.74) is 0. The van der Waals surface area contributed by atoms with Gasteiger partial charge in [-0.3, -0.25) is 0 Å². The van der Waals surface area contributed by atoms with Gasteiger partial charge in [-0.15, -0.1) is 10.2 Å². The highest BCUT2D eigenvalue weighted by Crippen LogP contribution is 2.20. The largest absolute Gasteiger partial charge is 0.308 e. The van der Waals surface area contributed by atoms with Crippen LogP contribution < -0.4 is 5.32 Å². The fourth-order valence-corrected chi connectivity index (χ4v) is 2.04. The Labute approximate surface area is 91.1 Å². The Balaban J connectivity index is 1.69. The van der Waals surface area contributed by atoms with E-state index in [0.29, 0.717) is 6.04 Å². The fraction of sp³-hybridized carbons (Fsp3) is 0.444. The first-order valence-corrected chi connectivity index (χ1v) is 5.79. The van der Waals surface area contributed by atoms with Crippen molar-refractivity contribution in [3.63, 3.8) is 0 Å². The van der Waals surface area contributed by atoms with E-state index in [9.17, 15) is 0 Å². The highest BCUT2D eigenvalue weighted by atomic mass is 32.1. The Bertz CT molecular complexity index is 431. The van der Waals surface area contributed by atoms with E-state index in [1.165, 1.54) is 12.8 Å². The van der Waals surface area contributed by atoms with Gasteiger partial charge in [0.2, 0.25) is 5.13 Å². The Hall–Kier alpha value is -1.27. The second-order valence-corrected chi connectivity index (χ2v) is 4.62. The maximum atomic E-state index is 4.12. The molecule has 2 aromatic rings. The first-order chi connectivity index (χ1) is 7.42. The molecular formula is C9H11N5S. The van der Waals surface area contributed by atoms with Crippen LogP contribution in [0.4, 0.5) is 0 Å². The lowest BCUT2D eigenvalue weighted by molar-refractivity contribution is 0.678. The number of aromatic nitrogens is 4. The predicted molar refractivity (Wildman–Crippen MR) is 56.9 cm³/mol. The summed E-state index contributed by atoms with van der Waals surface area (Å²) < 4.78 is 1.73. The Morgan fingerprint density at radius 1 is 1.47 bits per heavy atom. The van der Waals surface area contributed by atoms with Crippen LogP contribution in [0.5, 0.6) is 0 Å². The van der Waals surface area contributed by atoms with Crippen LogP contribution in [0.15, 0.2) is 18.5 Å². The van der Waals surface area contributed by atoms with Gasteiger partial charge >= 0.3 is 0 Å². The summed E-state index contributed by atoms with van der Waals surface area (Å²) in [5, 5.41) is 17.6. The van der Waals surface area contributed by atoms with E-state index in [1.807, 2.05) is 12.3 Å². The second-order valence-electron chi connectivity index (χ2n) is 3.58. The van der Waals surface area contributed by atoms with Gasteiger partial charge in [0.05, 0.1) is 6.54 Å². The molecule has 0 aromatic carbocycles. The molecule has 0 spiro atoms. The number of rotatable bonds is 4. The second kappa shape index (κ2) is 3.71. The van der Waals surface area contributed by atoms with Crippen molar-refractivity contribution in [2.45, 2.75) is 25.4 Å². The SMILES string of the molecule is c1cnn(-c2nnc(CNC3CC3)s2)c1. The maximum Gasteiger partial charge on any atom is 0.232 e. The zero-order valence-corrected chi connectivity index (χ0v) is 8.94. The van der Waals surface area contributed by atoms with E-state index in [-0.39, 0.29) is 0 Å². The standard InChI is InChI=1S/C9H11N5S/c1-4-11-14(5-1)9-13-12-8(15-9)6-10-7-2-3-7/h1,4-5,7,10H,2-3,6H2. The van der Waals surface area contributed by atoms with Crippen LogP contribution in [0.25, 0.3) is 5.13 Å². The molecule has 2 heterocycles. The van der Waals surface area contributed by atoms with Gasteiger partial charge in [-0.05, 0) is 18.9 Å². The summed E-state index contributed by atoms with van der Waals surface area (Å²) in [6.07, 6.45) is 6.21. The molecule has 0 amide bonds. The minimum atomic E-state index is 0.710. The van der Waals surface area contributed by atoms with Crippen LogP contribution in [0.2, 0.25) is 0 Å². The van der Waals surface area contributed by atoms with Gasteiger partial charge in [-0.1, -0.05) is 11.3 Å². The molecule has 15 heavy (non-hydrogen) atoms. The lowest BCUT2D eigenvalue weighted by Crippen LogP contribution is -2.14. The van der Waals surface area contributed by atoms with Crippen molar-refractivity contribution in [3.8, 4) is 5.13 Å². The lowest BCUT2D eigenvalue weighted by atomic mass is 10.6. The van der Waals surface area contributed by atoms with E-state index >= 15 is 0 Å². The van der Waals surface area contributed by atoms with Crippen molar-refractivity contribution in [2.75, 3.05) is 0 Å². The van der Waals surface area contributed by atoms with Crippen LogP contribution in [-0.2, 0) is 6.54 Å². The predicted octanol–water partition coefficient (Wildman–Crippen LogP) is 0.976. The first kappa shape index (κ1) is 8.99. The molecule has 0 atom stereocenters. The topological polar surface area (TPSA) is 55.6 Å². The minimum Gasteiger partial charge on any atom is -0.308 e. The monoisotopic (exact) mass is 221 g/mol. The summed E-state index contributed by atoms with van der Waals surface area (Å²) in [4.78, 5) is 0. The average molecular weight is 221 g/mol. The number of nitrogens with one attached hydrogen (secondary N) is 1. The summed E-state index contributed by atoms with van der Waals surface area (Å²) in [6, 6.07) is 2.59. The molecule has 2 aromatic heterocycles. The minimum absolute atomic E-state index is 0.710. The molecule has 6 heteroatoms. The average Bonchev–Trinajstić information content (AvgIpc) is 2.78. The van der Waals surface area contributed by atoms with Gasteiger partial charge in [0.15, 0.2) is 0 Å². The van der Waals surface area contributed by atoms with E-state index < -0.39 is 0 Å². The number of hydrogen-bond acceptors (Lipinski definition) is 5. The van der Waals surface area contributed by atoms with Crippen LogP contribution in [0.1, 0.15) is 17.8 Å². The molecule has 1 saturated carbocycles. The Kier molecular flexibility index (Phi) is 2.22. The quantitative estimate of drug-likeness (QED) is 0.836. The van der Waals surface area contributed by atoms with Gasteiger partial charge in [-0.2, -0.15) is 5.10 Å². The van der Waals surface area contributed by atoms with Crippen molar-refractivity contribution < 1.29 is 0 Å². The molecule has 1 N–H and O–H groups in total. The van der Waals surface area contributed by atoms with Gasteiger partial charge in [0, 0.05) is 18.4 Å². The number of hydrogen-bond donors (Lipinski definition) is 1. The summed E-state index contributed by atoms with van der Waals surface area (Å²) in [5.74, 6) is 0. The van der Waals surface area contributed by atoms with Crippen LogP contribution >= 0.6 is 11.3 Å². The van der Waals surface area contributed by atoms with Gasteiger partial charge < -0.3 is 5.32 Å². The molecule has 1 fully saturated rings. The van der Waals surface area contributed by atoms with Gasteiger partial charge in [0.1, 0.15) is 5.01 Å². The van der Waals surface area contributed by atoms with Crippen molar-refractivity contribution in [1.82, 2.24) is 25.3 Å². The molecule has 0 aliphatic heterocycles. The van der Waals surface area contributed by atoms with Crippen molar-refractivity contribution in [1.29, 1.82) is 0 Å². The number of nitrogens with zero attached hydrogens (tertiary/aromatic N) is 4. The Morgan fingerprint density at radius 2 is 2.40 bits per heavy atom. The highest BCUT2D eigenvalue weighted by molar-refractivity contribution is 7.13. The van der Waals surface area contributed by atoms with Crippen LogP contribution in [-0.4, -0.2) is 26.0 Å². The lowest BCUT2D eigenvalue weighted by Gasteiger charge is -1.95. The third kappa shape index (κ3) is 2.05. The molecule has 1 aliphatic rings. The zero-order chi connectivity index (χ0) is 10.1. The summed E-state index contributed by atoms with van der Waals surface area (Å²) in [6.45, 7) is 0.823. The summed E-state index contributed by atoms with van der Waals surface area (Å²) >= 11 is 1.58. The molecule has 0 bridgehead atoms. The maximum absolute atomic E-state index is 4.12. The highest BCUT2D eigenvalue weighted by Gasteiger charge is 2.20. The Morgan fingerprint density at radius 3 is 3.13 bits per heavy atom. The van der Waals surface area contributed by atoms with Gasteiger partial charge in [-0.25, -0.2) is 4.68 Å². The third-order valence-electron chi connectivity index (χ3n) is 2.28. The molecule has 3 rings (SSSR count). The van der Waals surface area contributed by atoms with Crippen molar-refractivity contribution in [2.24, 2.45) is 0 Å². The smallest absolute Gasteiger partial charge is 0.232 e. The zero-order valence-electron chi connectivity index (χ0n) is 8.13. The molecule has 1 aliphatic carbocycles. The van der Waals surface area contributed by atoms with Crippen molar-refractivity contribution >= 4 is 11.3 Å². The molecule has 0 radical (unpaired) electrons.